The topological polar surface area (TPSA) is 75.5 Å². The Kier molecular flexibility index (Phi) is 6.11. The number of carbonyl (C=O) groups excluding carboxylic acids is 1. The van der Waals surface area contributed by atoms with E-state index in [2.05, 4.69) is 5.32 Å². The molecular formula is C12H15FIN3O3. The predicted octanol–water partition coefficient (Wildman–Crippen LogP) is 2.62. The quantitative estimate of drug-likeness (QED) is 0.457. The van der Waals surface area contributed by atoms with Gasteiger partial charge in [0.2, 0.25) is 5.91 Å². The van der Waals surface area contributed by atoms with E-state index in [0.29, 0.717) is 13.1 Å². The summed E-state index contributed by atoms with van der Waals surface area (Å²) in [5, 5.41) is 13.6. The number of halogens is 2. The van der Waals surface area contributed by atoms with Gasteiger partial charge in [0, 0.05) is 25.2 Å². The van der Waals surface area contributed by atoms with E-state index in [0.717, 1.165) is 12.1 Å². The number of hydrogen-bond donors (Lipinski definition) is 1. The van der Waals surface area contributed by atoms with E-state index >= 15 is 0 Å². The van der Waals surface area contributed by atoms with E-state index in [9.17, 15) is 19.3 Å². The Morgan fingerprint density at radius 2 is 2.05 bits per heavy atom. The number of hydrogen-bond acceptors (Lipinski definition) is 4. The molecule has 0 aliphatic heterocycles. The number of nitrogens with zero attached hydrogens (tertiary/aromatic N) is 2. The van der Waals surface area contributed by atoms with Crippen LogP contribution in [0.2, 0.25) is 0 Å². The molecule has 1 N–H and O–H groups in total. The summed E-state index contributed by atoms with van der Waals surface area (Å²) in [5.41, 5.74) is -0.239. The standard InChI is InChI=1S/C12H15FIN3O3/c1-3-16(4-2)12(18)7-15-10-5-8(13)9(14)6-11(10)17(19)20/h5-6,15H,3-4,7H2,1-2H3. The lowest BCUT2D eigenvalue weighted by molar-refractivity contribution is -0.384. The molecule has 0 aliphatic rings. The Bertz CT molecular complexity index is 521. The van der Waals surface area contributed by atoms with Crippen LogP contribution in [-0.2, 0) is 4.79 Å². The van der Waals surface area contributed by atoms with E-state index in [1.807, 2.05) is 13.8 Å². The molecule has 1 aromatic rings. The van der Waals surface area contributed by atoms with Gasteiger partial charge in [-0.1, -0.05) is 0 Å². The SMILES string of the molecule is CCN(CC)C(=O)CNc1cc(F)c(I)cc1[N+](=O)[O-]. The third kappa shape index (κ3) is 4.02. The molecular weight excluding hydrogens is 380 g/mol. The monoisotopic (exact) mass is 395 g/mol. The first-order valence-corrected chi connectivity index (χ1v) is 7.13. The lowest BCUT2D eigenvalue weighted by Crippen LogP contribution is -2.35. The Hall–Kier alpha value is -1.45. The maximum Gasteiger partial charge on any atom is 0.293 e. The highest BCUT2D eigenvalue weighted by Crippen LogP contribution is 2.28. The van der Waals surface area contributed by atoms with Crippen molar-refractivity contribution in [3.8, 4) is 0 Å². The molecule has 0 bridgehead atoms. The number of nitro benzene ring substituents is 1. The zero-order valence-corrected chi connectivity index (χ0v) is 13.3. The van der Waals surface area contributed by atoms with Gasteiger partial charge in [-0.25, -0.2) is 4.39 Å². The highest BCUT2D eigenvalue weighted by atomic mass is 127. The molecule has 1 amide bonds. The summed E-state index contributed by atoms with van der Waals surface area (Å²) in [6.45, 7) is 4.69. The predicted molar refractivity (Wildman–Crippen MR) is 82.2 cm³/mol. The summed E-state index contributed by atoms with van der Waals surface area (Å²) in [4.78, 5) is 23.7. The van der Waals surface area contributed by atoms with Crippen LogP contribution in [-0.4, -0.2) is 35.4 Å². The van der Waals surface area contributed by atoms with Crippen molar-refractivity contribution < 1.29 is 14.1 Å². The van der Waals surface area contributed by atoms with Crippen LogP contribution in [0, 0.1) is 19.5 Å². The van der Waals surface area contributed by atoms with Crippen LogP contribution in [0.15, 0.2) is 12.1 Å². The van der Waals surface area contributed by atoms with Crippen LogP contribution in [0.3, 0.4) is 0 Å². The van der Waals surface area contributed by atoms with E-state index < -0.39 is 10.7 Å². The molecule has 20 heavy (non-hydrogen) atoms. The minimum atomic E-state index is -0.605. The van der Waals surface area contributed by atoms with Gasteiger partial charge >= 0.3 is 0 Å². The lowest BCUT2D eigenvalue weighted by Gasteiger charge is -2.19. The minimum Gasteiger partial charge on any atom is -0.370 e. The zero-order valence-electron chi connectivity index (χ0n) is 11.2. The van der Waals surface area contributed by atoms with Crippen molar-refractivity contribution in [2.75, 3.05) is 25.0 Å². The Morgan fingerprint density at radius 1 is 1.45 bits per heavy atom. The summed E-state index contributed by atoms with van der Waals surface area (Å²) < 4.78 is 13.6. The van der Waals surface area contributed by atoms with Gasteiger partial charge in [-0.15, -0.1) is 0 Å². The normalized spacial score (nSPS) is 10.2. The second kappa shape index (κ2) is 7.36. The van der Waals surface area contributed by atoms with Crippen LogP contribution in [0.1, 0.15) is 13.8 Å². The van der Waals surface area contributed by atoms with Crippen LogP contribution < -0.4 is 5.32 Å². The highest BCUT2D eigenvalue weighted by molar-refractivity contribution is 14.1. The Labute approximate surface area is 129 Å². The van der Waals surface area contributed by atoms with Crippen LogP contribution >= 0.6 is 22.6 Å². The van der Waals surface area contributed by atoms with Crippen LogP contribution in [0.25, 0.3) is 0 Å². The Balaban J connectivity index is 2.89. The second-order valence-electron chi connectivity index (χ2n) is 3.96. The maximum atomic E-state index is 13.5. The van der Waals surface area contributed by atoms with Crippen molar-refractivity contribution in [1.29, 1.82) is 0 Å². The Morgan fingerprint density at radius 3 is 2.55 bits per heavy atom. The van der Waals surface area contributed by atoms with Crippen molar-refractivity contribution in [2.24, 2.45) is 0 Å². The van der Waals surface area contributed by atoms with Crippen molar-refractivity contribution in [3.63, 3.8) is 0 Å². The molecule has 0 radical (unpaired) electrons. The molecule has 0 spiro atoms. The summed E-state index contributed by atoms with van der Waals surface area (Å²) in [7, 11) is 0. The van der Waals surface area contributed by atoms with Crippen molar-refractivity contribution in [2.45, 2.75) is 13.8 Å². The van der Waals surface area contributed by atoms with Crippen molar-refractivity contribution in [1.82, 2.24) is 4.90 Å². The molecule has 6 nitrogen and oxygen atoms in total. The number of benzene rings is 1. The second-order valence-corrected chi connectivity index (χ2v) is 5.12. The smallest absolute Gasteiger partial charge is 0.293 e. The first kappa shape index (κ1) is 16.6. The first-order valence-electron chi connectivity index (χ1n) is 6.05. The fraction of sp³-hybridized carbons (Fsp3) is 0.417. The van der Waals surface area contributed by atoms with E-state index in [4.69, 9.17) is 0 Å². The number of carbonyl (C=O) groups is 1. The van der Waals surface area contributed by atoms with Gasteiger partial charge in [-0.3, -0.25) is 14.9 Å². The average Bonchev–Trinajstić information content (AvgIpc) is 2.40. The molecule has 0 atom stereocenters. The van der Waals surface area contributed by atoms with Gasteiger partial charge < -0.3 is 10.2 Å². The molecule has 0 saturated heterocycles. The maximum absolute atomic E-state index is 13.5. The molecule has 8 heteroatoms. The molecule has 1 rings (SSSR count). The van der Waals surface area contributed by atoms with E-state index in [1.54, 1.807) is 27.5 Å². The van der Waals surface area contributed by atoms with E-state index in [1.165, 1.54) is 0 Å². The average molecular weight is 395 g/mol. The molecule has 0 aromatic heterocycles. The van der Waals surface area contributed by atoms with Gasteiger partial charge in [0.05, 0.1) is 15.0 Å². The number of nitro groups is 1. The number of amides is 1. The third-order valence-corrected chi connectivity index (χ3v) is 3.61. The number of nitrogens with one attached hydrogen (secondary N) is 1. The molecule has 0 heterocycles. The van der Waals surface area contributed by atoms with Crippen LogP contribution in [0.4, 0.5) is 15.8 Å². The fourth-order valence-corrected chi connectivity index (χ4v) is 2.14. The van der Waals surface area contributed by atoms with Crippen molar-refractivity contribution >= 4 is 39.9 Å². The van der Waals surface area contributed by atoms with Gasteiger partial charge in [0.15, 0.2) is 0 Å². The van der Waals surface area contributed by atoms with E-state index in [-0.39, 0.29) is 27.4 Å². The lowest BCUT2D eigenvalue weighted by atomic mass is 10.2. The van der Waals surface area contributed by atoms with Gasteiger partial charge in [0.25, 0.3) is 5.69 Å². The molecule has 1 aromatic carbocycles. The fourth-order valence-electron chi connectivity index (χ4n) is 1.69. The minimum absolute atomic E-state index is 0.00780. The number of likely N-dealkylation sites (N-methyl/N-ethyl adjacent to an activating group) is 1. The van der Waals surface area contributed by atoms with Gasteiger partial charge in [-0.05, 0) is 36.4 Å². The van der Waals surface area contributed by atoms with Gasteiger partial charge in [0.1, 0.15) is 11.5 Å². The molecule has 0 fully saturated rings. The summed E-state index contributed by atoms with van der Waals surface area (Å²) in [6, 6.07) is 2.18. The largest absolute Gasteiger partial charge is 0.370 e. The first-order chi connectivity index (χ1) is 9.40. The highest BCUT2D eigenvalue weighted by Gasteiger charge is 2.18. The molecule has 110 valence electrons. The zero-order chi connectivity index (χ0) is 15.3. The van der Waals surface area contributed by atoms with Crippen LogP contribution in [0.5, 0.6) is 0 Å². The molecule has 0 saturated carbocycles. The summed E-state index contributed by atoms with van der Waals surface area (Å²) in [6.07, 6.45) is 0. The number of anilines is 1. The summed E-state index contributed by atoms with van der Waals surface area (Å²) >= 11 is 1.68. The summed E-state index contributed by atoms with van der Waals surface area (Å²) in [5.74, 6) is -0.753. The molecule has 0 unspecified atom stereocenters. The van der Waals surface area contributed by atoms with Gasteiger partial charge in [-0.2, -0.15) is 0 Å². The molecule has 0 aliphatic carbocycles. The van der Waals surface area contributed by atoms with Crippen molar-refractivity contribution in [3.05, 3.63) is 31.6 Å². The third-order valence-electron chi connectivity index (χ3n) is 2.78. The number of rotatable bonds is 6.